The first-order valence-corrected chi connectivity index (χ1v) is 4.01. The van der Waals surface area contributed by atoms with E-state index in [1.807, 2.05) is 0 Å². The van der Waals surface area contributed by atoms with Crippen molar-refractivity contribution in [2.24, 2.45) is 5.73 Å². The number of halogens is 1. The first kappa shape index (κ1) is 10.6. The van der Waals surface area contributed by atoms with Crippen molar-refractivity contribution in [1.82, 2.24) is 4.98 Å². The number of aromatic nitrogens is 1. The topological polar surface area (TPSA) is 76.2 Å². The summed E-state index contributed by atoms with van der Waals surface area (Å²) in [6, 6.07) is 2.43. The highest BCUT2D eigenvalue weighted by molar-refractivity contribution is 5.80. The number of hydrogen-bond acceptors (Lipinski definition) is 3. The summed E-state index contributed by atoms with van der Waals surface area (Å²) in [6.45, 7) is 2.86. The van der Waals surface area contributed by atoms with Gasteiger partial charge < -0.3 is 10.8 Å². The molecule has 4 nitrogen and oxygen atoms in total. The van der Waals surface area contributed by atoms with Crippen LogP contribution in [0, 0.1) is 12.9 Å². The molecule has 0 aromatic carbocycles. The van der Waals surface area contributed by atoms with Gasteiger partial charge in [-0.15, -0.1) is 0 Å². The van der Waals surface area contributed by atoms with Gasteiger partial charge in [0.05, 0.1) is 0 Å². The van der Waals surface area contributed by atoms with Crippen molar-refractivity contribution in [3.8, 4) is 0 Å². The van der Waals surface area contributed by atoms with E-state index in [1.165, 1.54) is 19.9 Å². The average molecular weight is 198 g/mol. The lowest BCUT2D eigenvalue weighted by Gasteiger charge is -2.20. The highest BCUT2D eigenvalue weighted by Gasteiger charge is 2.32. The standard InChI is InChI=1S/C9H11FN2O2/c1-5-6(3-4-7(10)12-5)9(2,11)8(13)14/h3-4H,11H2,1-2H3,(H,13,14)/t9-/m1/s1. The van der Waals surface area contributed by atoms with Crippen molar-refractivity contribution in [2.45, 2.75) is 19.4 Å². The molecular formula is C9H11FN2O2. The average Bonchev–Trinajstić information content (AvgIpc) is 2.02. The summed E-state index contributed by atoms with van der Waals surface area (Å²) in [6.07, 6.45) is 0. The van der Waals surface area contributed by atoms with Crippen molar-refractivity contribution < 1.29 is 14.3 Å². The largest absolute Gasteiger partial charge is 0.480 e. The summed E-state index contributed by atoms with van der Waals surface area (Å²) < 4.78 is 12.6. The van der Waals surface area contributed by atoms with Crippen molar-refractivity contribution in [1.29, 1.82) is 0 Å². The van der Waals surface area contributed by atoms with Crippen molar-refractivity contribution in [2.75, 3.05) is 0 Å². The van der Waals surface area contributed by atoms with Gasteiger partial charge in [-0.2, -0.15) is 4.39 Å². The number of carbonyl (C=O) groups is 1. The SMILES string of the molecule is Cc1nc(F)ccc1[C@@](C)(N)C(=O)O. The maximum absolute atomic E-state index is 12.6. The van der Waals surface area contributed by atoms with E-state index in [0.29, 0.717) is 5.56 Å². The minimum atomic E-state index is -1.54. The van der Waals surface area contributed by atoms with Crippen molar-refractivity contribution >= 4 is 5.97 Å². The molecule has 0 spiro atoms. The zero-order chi connectivity index (χ0) is 10.9. The number of aryl methyl sites for hydroxylation is 1. The van der Waals surface area contributed by atoms with E-state index < -0.39 is 17.5 Å². The Morgan fingerprint density at radius 3 is 2.64 bits per heavy atom. The third kappa shape index (κ3) is 1.72. The zero-order valence-corrected chi connectivity index (χ0v) is 7.91. The summed E-state index contributed by atoms with van der Waals surface area (Å²) in [5.41, 5.74) is 4.63. The highest BCUT2D eigenvalue weighted by Crippen LogP contribution is 2.20. The summed E-state index contributed by atoms with van der Waals surface area (Å²) >= 11 is 0. The first-order valence-electron chi connectivity index (χ1n) is 4.01. The predicted molar refractivity (Wildman–Crippen MR) is 48.1 cm³/mol. The van der Waals surface area contributed by atoms with E-state index in [2.05, 4.69) is 4.98 Å². The maximum atomic E-state index is 12.6. The molecule has 1 aromatic rings. The van der Waals surface area contributed by atoms with E-state index in [-0.39, 0.29) is 5.69 Å². The lowest BCUT2D eigenvalue weighted by Crippen LogP contribution is -2.42. The molecule has 14 heavy (non-hydrogen) atoms. The summed E-state index contributed by atoms with van der Waals surface area (Å²) in [5, 5.41) is 8.84. The second kappa shape index (κ2) is 3.34. The molecule has 0 fully saturated rings. The quantitative estimate of drug-likeness (QED) is 0.689. The van der Waals surface area contributed by atoms with Crippen LogP contribution >= 0.6 is 0 Å². The van der Waals surface area contributed by atoms with Crippen LogP contribution in [0.25, 0.3) is 0 Å². The van der Waals surface area contributed by atoms with Crippen molar-refractivity contribution in [3.63, 3.8) is 0 Å². The Hall–Kier alpha value is -1.49. The van der Waals surface area contributed by atoms with Gasteiger partial charge in [0.25, 0.3) is 0 Å². The number of rotatable bonds is 2. The predicted octanol–water partition coefficient (Wildman–Crippen LogP) is 0.788. The minimum absolute atomic E-state index is 0.289. The molecule has 76 valence electrons. The second-order valence-corrected chi connectivity index (χ2v) is 3.27. The molecule has 0 bridgehead atoms. The molecule has 0 amide bonds. The Balaban J connectivity index is 3.26. The number of hydrogen-bond donors (Lipinski definition) is 2. The van der Waals surface area contributed by atoms with Gasteiger partial charge in [-0.3, -0.25) is 0 Å². The van der Waals surface area contributed by atoms with Gasteiger partial charge in [0, 0.05) is 11.3 Å². The third-order valence-electron chi connectivity index (χ3n) is 2.06. The monoisotopic (exact) mass is 198 g/mol. The smallest absolute Gasteiger partial charge is 0.328 e. The molecule has 0 saturated heterocycles. The second-order valence-electron chi connectivity index (χ2n) is 3.27. The maximum Gasteiger partial charge on any atom is 0.328 e. The van der Waals surface area contributed by atoms with E-state index in [9.17, 15) is 9.18 Å². The molecule has 1 heterocycles. The highest BCUT2D eigenvalue weighted by atomic mass is 19.1. The van der Waals surface area contributed by atoms with E-state index >= 15 is 0 Å². The van der Waals surface area contributed by atoms with Crippen molar-refractivity contribution in [3.05, 3.63) is 29.3 Å². The van der Waals surface area contributed by atoms with Crippen LogP contribution in [-0.4, -0.2) is 16.1 Å². The van der Waals surface area contributed by atoms with Gasteiger partial charge in [0.15, 0.2) is 0 Å². The van der Waals surface area contributed by atoms with Crippen LogP contribution in [-0.2, 0) is 10.3 Å². The van der Waals surface area contributed by atoms with Gasteiger partial charge in [-0.05, 0) is 19.9 Å². The Labute approximate surface area is 80.6 Å². The third-order valence-corrected chi connectivity index (χ3v) is 2.06. The Kier molecular flexibility index (Phi) is 2.53. The van der Waals surface area contributed by atoms with Crippen LogP contribution in [0.4, 0.5) is 4.39 Å². The summed E-state index contributed by atoms with van der Waals surface area (Å²) in [4.78, 5) is 14.3. The van der Waals surface area contributed by atoms with Gasteiger partial charge >= 0.3 is 5.97 Å². The molecule has 0 aliphatic heterocycles. The lowest BCUT2D eigenvalue weighted by atomic mass is 9.92. The molecule has 1 aromatic heterocycles. The molecule has 0 unspecified atom stereocenters. The minimum Gasteiger partial charge on any atom is -0.480 e. The molecule has 0 aliphatic rings. The molecular weight excluding hydrogens is 187 g/mol. The molecule has 0 radical (unpaired) electrons. The normalized spacial score (nSPS) is 14.9. The fraction of sp³-hybridized carbons (Fsp3) is 0.333. The van der Waals surface area contributed by atoms with Crippen LogP contribution in [0.2, 0.25) is 0 Å². The van der Waals surface area contributed by atoms with Gasteiger partial charge in [0.2, 0.25) is 5.95 Å². The van der Waals surface area contributed by atoms with E-state index in [4.69, 9.17) is 10.8 Å². The van der Waals surface area contributed by atoms with Crippen LogP contribution in [0.1, 0.15) is 18.2 Å². The number of nitrogens with two attached hydrogens (primary N) is 1. The fourth-order valence-electron chi connectivity index (χ4n) is 1.19. The number of carboxylic acids is 1. The number of carboxylic acid groups (broad SMARTS) is 1. The molecule has 0 saturated carbocycles. The Morgan fingerprint density at radius 2 is 2.21 bits per heavy atom. The Bertz CT molecular complexity index is 377. The van der Waals surface area contributed by atoms with Crippen LogP contribution in [0.3, 0.4) is 0 Å². The molecule has 5 heteroatoms. The number of nitrogens with zero attached hydrogens (tertiary/aromatic N) is 1. The molecule has 1 atom stereocenters. The van der Waals surface area contributed by atoms with Crippen LogP contribution in [0.5, 0.6) is 0 Å². The van der Waals surface area contributed by atoms with Crippen LogP contribution < -0.4 is 5.73 Å². The molecule has 3 N–H and O–H groups in total. The van der Waals surface area contributed by atoms with Gasteiger partial charge in [0.1, 0.15) is 5.54 Å². The summed E-state index contributed by atoms with van der Waals surface area (Å²) in [7, 11) is 0. The number of aliphatic carboxylic acids is 1. The Morgan fingerprint density at radius 1 is 1.64 bits per heavy atom. The number of pyridine rings is 1. The van der Waals surface area contributed by atoms with E-state index in [0.717, 1.165) is 6.07 Å². The van der Waals surface area contributed by atoms with E-state index in [1.54, 1.807) is 0 Å². The molecule has 1 rings (SSSR count). The first-order chi connectivity index (χ1) is 6.35. The summed E-state index contributed by atoms with van der Waals surface area (Å²) in [5.74, 6) is -1.82. The fourth-order valence-corrected chi connectivity index (χ4v) is 1.19. The van der Waals surface area contributed by atoms with Crippen LogP contribution in [0.15, 0.2) is 12.1 Å². The molecule has 0 aliphatic carbocycles. The van der Waals surface area contributed by atoms with Gasteiger partial charge in [-0.1, -0.05) is 6.07 Å². The van der Waals surface area contributed by atoms with Gasteiger partial charge in [-0.25, -0.2) is 9.78 Å². The zero-order valence-electron chi connectivity index (χ0n) is 7.91. The lowest BCUT2D eigenvalue weighted by molar-refractivity contribution is -0.143.